The fourth-order valence-corrected chi connectivity index (χ4v) is 3.37. The maximum Gasteiger partial charge on any atom is 0.509 e. The first-order valence-electron chi connectivity index (χ1n) is 8.34. The molecule has 1 fully saturated rings. The van der Waals surface area contributed by atoms with Gasteiger partial charge in [-0.1, -0.05) is 23.8 Å². The van der Waals surface area contributed by atoms with E-state index in [2.05, 4.69) is 48.9 Å². The van der Waals surface area contributed by atoms with Crippen LogP contribution in [0.15, 0.2) is 30.0 Å². The number of nitrogens with one attached hydrogen (secondary N) is 2. The second-order valence-electron chi connectivity index (χ2n) is 6.22. The van der Waals surface area contributed by atoms with Crippen molar-refractivity contribution < 1.29 is 14.3 Å². The first-order valence-corrected chi connectivity index (χ1v) is 8.34. The van der Waals surface area contributed by atoms with E-state index in [9.17, 15) is 10.1 Å². The molecule has 0 bridgehead atoms. The van der Waals surface area contributed by atoms with E-state index in [1.165, 1.54) is 5.56 Å². The van der Waals surface area contributed by atoms with Crippen LogP contribution in [0, 0.1) is 25.2 Å². The Hall–Kier alpha value is -2.56. The molecule has 1 aromatic carbocycles. The average molecular weight is 342 g/mol. The molecule has 132 valence electrons. The first-order chi connectivity index (χ1) is 12.0. The lowest BCUT2D eigenvalue weighted by molar-refractivity contribution is -0.0547. The molecule has 0 saturated carbocycles. The number of hydrazine groups is 1. The molecule has 2 aliphatic rings. The van der Waals surface area contributed by atoms with Gasteiger partial charge in [-0.25, -0.2) is 4.79 Å². The maximum absolute atomic E-state index is 11.7. The van der Waals surface area contributed by atoms with E-state index >= 15 is 0 Å². The fourth-order valence-electron chi connectivity index (χ4n) is 3.37. The molecule has 0 amide bonds. The molecule has 7 nitrogen and oxygen atoms in total. The predicted molar refractivity (Wildman–Crippen MR) is 90.8 cm³/mol. The van der Waals surface area contributed by atoms with Crippen molar-refractivity contribution >= 4 is 6.16 Å². The minimum absolute atomic E-state index is 0.0478. The smallest absolute Gasteiger partial charge is 0.435 e. The van der Waals surface area contributed by atoms with Gasteiger partial charge >= 0.3 is 6.16 Å². The third-order valence-electron chi connectivity index (χ3n) is 4.47. The van der Waals surface area contributed by atoms with Crippen molar-refractivity contribution in [3.05, 3.63) is 46.7 Å². The molecule has 0 aromatic heterocycles. The molecule has 2 heterocycles. The quantitative estimate of drug-likeness (QED) is 0.816. The number of fused-ring (bicyclic) bond motifs is 1. The van der Waals surface area contributed by atoms with Crippen LogP contribution in [0.25, 0.3) is 0 Å². The number of nitrogens with zero attached hydrogens (tertiary/aromatic N) is 2. The van der Waals surface area contributed by atoms with Crippen LogP contribution in [0.2, 0.25) is 0 Å². The number of rotatable bonds is 3. The van der Waals surface area contributed by atoms with Gasteiger partial charge in [0.2, 0.25) is 0 Å². The molecule has 2 aliphatic heterocycles. The van der Waals surface area contributed by atoms with E-state index in [-0.39, 0.29) is 18.8 Å². The highest BCUT2D eigenvalue weighted by molar-refractivity contribution is 5.60. The van der Waals surface area contributed by atoms with Crippen LogP contribution in [0.3, 0.4) is 0 Å². The van der Waals surface area contributed by atoms with Gasteiger partial charge in [-0.05, 0) is 31.9 Å². The van der Waals surface area contributed by atoms with Gasteiger partial charge in [-0.2, -0.15) is 10.3 Å². The molecular formula is C18H22N4O3. The van der Waals surface area contributed by atoms with Crippen molar-refractivity contribution in [2.24, 2.45) is 0 Å². The number of carbonyl (C=O) groups excluding carboxylic acids is 1. The summed E-state index contributed by atoms with van der Waals surface area (Å²) in [6.45, 7) is 6.10. The van der Waals surface area contributed by atoms with Gasteiger partial charge in [0.05, 0.1) is 24.3 Å². The van der Waals surface area contributed by atoms with E-state index in [1.54, 1.807) is 13.1 Å². The SMILES string of the molecule is CCOC(=O)OC1CC(c2ccc(C)cc2C)N2NC=C(C#N)C2N1. The number of ether oxygens (including phenoxy) is 2. The Kier molecular flexibility index (Phi) is 4.93. The lowest BCUT2D eigenvalue weighted by Gasteiger charge is -2.42. The zero-order valence-electron chi connectivity index (χ0n) is 14.6. The summed E-state index contributed by atoms with van der Waals surface area (Å²) in [5.74, 6) is 0. The van der Waals surface area contributed by atoms with E-state index in [4.69, 9.17) is 9.47 Å². The zero-order chi connectivity index (χ0) is 18.0. The predicted octanol–water partition coefficient (Wildman–Crippen LogP) is 2.39. The van der Waals surface area contributed by atoms with E-state index in [1.807, 2.05) is 5.01 Å². The Morgan fingerprint density at radius 1 is 1.44 bits per heavy atom. The Bertz CT molecular complexity index is 740. The monoisotopic (exact) mass is 342 g/mol. The molecule has 7 heteroatoms. The molecule has 3 rings (SSSR count). The summed E-state index contributed by atoms with van der Waals surface area (Å²) < 4.78 is 10.3. The maximum atomic E-state index is 11.7. The van der Waals surface area contributed by atoms with Crippen LogP contribution in [-0.4, -0.2) is 30.2 Å². The van der Waals surface area contributed by atoms with Crippen molar-refractivity contribution in [2.45, 2.75) is 45.6 Å². The normalized spacial score (nSPS) is 25.4. The summed E-state index contributed by atoms with van der Waals surface area (Å²) in [6, 6.07) is 8.41. The molecule has 1 saturated heterocycles. The highest BCUT2D eigenvalue weighted by atomic mass is 16.7. The third-order valence-corrected chi connectivity index (χ3v) is 4.47. The van der Waals surface area contributed by atoms with Crippen LogP contribution in [-0.2, 0) is 9.47 Å². The van der Waals surface area contributed by atoms with Crippen molar-refractivity contribution in [3.8, 4) is 6.07 Å². The van der Waals surface area contributed by atoms with Crippen molar-refractivity contribution in [1.82, 2.24) is 15.8 Å². The molecule has 3 atom stereocenters. The first kappa shape index (κ1) is 17.3. The number of nitriles is 1. The summed E-state index contributed by atoms with van der Waals surface area (Å²) in [7, 11) is 0. The lowest BCUT2D eigenvalue weighted by Crippen LogP contribution is -2.59. The van der Waals surface area contributed by atoms with Gasteiger partial charge in [0.15, 0.2) is 6.23 Å². The Morgan fingerprint density at radius 3 is 2.92 bits per heavy atom. The topological polar surface area (TPSA) is 86.6 Å². The standard InChI is InChI=1S/C18H22N4O3/c1-4-24-18(23)25-16-8-15(14-6-5-11(2)7-12(14)3)22-17(21-16)13(9-19)10-20-22/h5-7,10,15-17,20-21H,4,8H2,1-3H3. The van der Waals surface area contributed by atoms with E-state index in [0.717, 1.165) is 11.1 Å². The van der Waals surface area contributed by atoms with Gasteiger partial charge < -0.3 is 14.9 Å². The molecule has 0 radical (unpaired) electrons. The largest absolute Gasteiger partial charge is 0.509 e. The summed E-state index contributed by atoms with van der Waals surface area (Å²) in [5, 5.41) is 14.5. The highest BCUT2D eigenvalue weighted by Gasteiger charge is 2.42. The molecule has 0 aliphatic carbocycles. The summed E-state index contributed by atoms with van der Waals surface area (Å²) in [4.78, 5) is 11.7. The van der Waals surface area contributed by atoms with E-state index < -0.39 is 12.4 Å². The second-order valence-corrected chi connectivity index (χ2v) is 6.22. The minimum atomic E-state index is -0.707. The molecular weight excluding hydrogens is 320 g/mol. The molecule has 1 aromatic rings. The van der Waals surface area contributed by atoms with Crippen molar-refractivity contribution in [1.29, 1.82) is 5.26 Å². The van der Waals surface area contributed by atoms with Gasteiger partial charge in [0.25, 0.3) is 0 Å². The highest BCUT2D eigenvalue weighted by Crippen LogP contribution is 2.35. The van der Waals surface area contributed by atoms with Crippen LogP contribution >= 0.6 is 0 Å². The van der Waals surface area contributed by atoms with Crippen LogP contribution < -0.4 is 10.7 Å². The Labute approximate surface area is 147 Å². The summed E-state index contributed by atoms with van der Waals surface area (Å²) >= 11 is 0. The van der Waals surface area contributed by atoms with Crippen LogP contribution in [0.5, 0.6) is 0 Å². The van der Waals surface area contributed by atoms with Gasteiger partial charge in [-0.15, -0.1) is 0 Å². The Morgan fingerprint density at radius 2 is 2.24 bits per heavy atom. The van der Waals surface area contributed by atoms with Crippen molar-refractivity contribution in [3.63, 3.8) is 0 Å². The van der Waals surface area contributed by atoms with Gasteiger partial charge in [-0.3, -0.25) is 5.32 Å². The fraction of sp³-hybridized carbons (Fsp3) is 0.444. The molecule has 25 heavy (non-hydrogen) atoms. The van der Waals surface area contributed by atoms with Crippen LogP contribution in [0.1, 0.15) is 36.1 Å². The minimum Gasteiger partial charge on any atom is -0.435 e. The number of hydrogen-bond acceptors (Lipinski definition) is 7. The van der Waals surface area contributed by atoms with Gasteiger partial charge in [0.1, 0.15) is 6.17 Å². The average Bonchev–Trinajstić information content (AvgIpc) is 2.97. The van der Waals surface area contributed by atoms with Gasteiger partial charge in [0, 0.05) is 12.6 Å². The number of hydrogen-bond donors (Lipinski definition) is 2. The molecule has 0 spiro atoms. The Balaban J connectivity index is 1.88. The zero-order valence-corrected chi connectivity index (χ0v) is 14.6. The lowest BCUT2D eigenvalue weighted by atomic mass is 9.94. The molecule has 3 unspecified atom stereocenters. The van der Waals surface area contributed by atoms with Crippen molar-refractivity contribution in [2.75, 3.05) is 6.61 Å². The number of carbonyl (C=O) groups is 1. The second kappa shape index (κ2) is 7.13. The summed E-state index contributed by atoms with van der Waals surface area (Å²) in [5.41, 5.74) is 7.20. The van der Waals surface area contributed by atoms with E-state index in [0.29, 0.717) is 12.0 Å². The number of aryl methyl sites for hydroxylation is 2. The van der Waals surface area contributed by atoms with Crippen LogP contribution in [0.4, 0.5) is 4.79 Å². The third kappa shape index (κ3) is 3.45. The number of benzene rings is 1. The summed E-state index contributed by atoms with van der Waals surface area (Å²) in [6.07, 6.45) is 0.618. The molecule has 2 N–H and O–H groups in total.